The molecule has 0 atom stereocenters. The Morgan fingerprint density at radius 1 is 1.20 bits per heavy atom. The molecule has 0 saturated heterocycles. The Bertz CT molecular complexity index is 66.3. The number of hydrogen-bond donors (Lipinski definition) is 0. The number of hydrogen-bond acceptors (Lipinski definition) is 2. The van der Waals surface area contributed by atoms with Gasteiger partial charge in [0, 0.05) is 12.3 Å². The highest BCUT2D eigenvalue weighted by Crippen LogP contribution is 1.95. The van der Waals surface area contributed by atoms with Crippen LogP contribution >= 0.6 is 11.8 Å². The van der Waals surface area contributed by atoms with Gasteiger partial charge < -0.3 is 4.90 Å². The summed E-state index contributed by atoms with van der Waals surface area (Å²) in [5.74, 6) is 1.27. The molecule has 0 unspecified atom stereocenters. The summed E-state index contributed by atoms with van der Waals surface area (Å²) in [5, 5.41) is 0. The summed E-state index contributed by atoms with van der Waals surface area (Å²) >= 11 is 1.93. The maximum atomic E-state index is 2.50. The van der Waals surface area contributed by atoms with Crippen LogP contribution in [0.2, 0.25) is 0 Å². The van der Waals surface area contributed by atoms with Crippen molar-refractivity contribution in [3.05, 3.63) is 0 Å². The van der Waals surface area contributed by atoms with Crippen molar-refractivity contribution in [1.29, 1.82) is 0 Å². The number of rotatable bonds is 6. The lowest BCUT2D eigenvalue weighted by Crippen LogP contribution is -2.26. The van der Waals surface area contributed by atoms with Crippen LogP contribution in [0.15, 0.2) is 0 Å². The molecule has 2 heteroatoms. The Hall–Kier alpha value is 0.310. The van der Waals surface area contributed by atoms with Crippen LogP contribution in [0.3, 0.4) is 0 Å². The third-order valence-corrected chi connectivity index (χ3v) is 2.19. The maximum Gasteiger partial charge on any atom is 0.00721 e. The van der Waals surface area contributed by atoms with E-state index in [0.29, 0.717) is 0 Å². The molecule has 0 aromatic rings. The first-order valence-corrected chi connectivity index (χ1v) is 5.45. The van der Waals surface area contributed by atoms with Crippen LogP contribution in [0.1, 0.15) is 20.3 Å². The molecular formula is C8H19NS. The largest absolute Gasteiger partial charge is 0.303 e. The molecule has 0 aromatic heterocycles. The lowest BCUT2D eigenvalue weighted by molar-refractivity contribution is 0.307. The highest BCUT2D eigenvalue weighted by atomic mass is 32.2. The smallest absolute Gasteiger partial charge is 0.00721 e. The summed E-state index contributed by atoms with van der Waals surface area (Å²) in [6.07, 6.45) is 3.45. The van der Waals surface area contributed by atoms with Crippen molar-refractivity contribution in [2.45, 2.75) is 20.3 Å². The van der Waals surface area contributed by atoms with Gasteiger partial charge in [-0.25, -0.2) is 0 Å². The van der Waals surface area contributed by atoms with Crippen molar-refractivity contribution in [2.75, 3.05) is 31.6 Å². The first-order chi connectivity index (χ1) is 4.85. The molecule has 0 fully saturated rings. The third kappa shape index (κ3) is 5.12. The minimum absolute atomic E-state index is 1.20. The van der Waals surface area contributed by atoms with E-state index in [4.69, 9.17) is 0 Å². The Kier molecular flexibility index (Phi) is 7.65. The fourth-order valence-electron chi connectivity index (χ4n) is 0.965. The lowest BCUT2D eigenvalue weighted by Gasteiger charge is -2.18. The minimum atomic E-state index is 1.20. The van der Waals surface area contributed by atoms with Crippen molar-refractivity contribution in [3.8, 4) is 0 Å². The fraction of sp³-hybridized carbons (Fsp3) is 1.00. The van der Waals surface area contributed by atoms with E-state index in [1.807, 2.05) is 11.8 Å². The molecule has 0 radical (unpaired) electrons. The van der Waals surface area contributed by atoms with Crippen LogP contribution in [0.25, 0.3) is 0 Å². The van der Waals surface area contributed by atoms with E-state index in [1.165, 1.54) is 31.8 Å². The van der Waals surface area contributed by atoms with Gasteiger partial charge in [-0.3, -0.25) is 0 Å². The molecule has 0 rings (SSSR count). The zero-order valence-corrected chi connectivity index (χ0v) is 8.21. The van der Waals surface area contributed by atoms with Gasteiger partial charge in [0.25, 0.3) is 0 Å². The number of thioether (sulfide) groups is 1. The molecule has 62 valence electrons. The number of nitrogens with zero attached hydrogens (tertiary/aromatic N) is 1. The molecule has 0 aliphatic carbocycles. The van der Waals surface area contributed by atoms with E-state index < -0.39 is 0 Å². The predicted molar refractivity (Wildman–Crippen MR) is 50.8 cm³/mol. The summed E-state index contributed by atoms with van der Waals surface area (Å²) in [4.78, 5) is 2.50. The molecule has 0 heterocycles. The van der Waals surface area contributed by atoms with E-state index in [1.54, 1.807) is 0 Å². The topological polar surface area (TPSA) is 3.24 Å². The summed E-state index contributed by atoms with van der Waals surface area (Å²) in [7, 11) is 0. The average molecular weight is 161 g/mol. The molecule has 0 aromatic carbocycles. The summed E-state index contributed by atoms with van der Waals surface area (Å²) < 4.78 is 0. The van der Waals surface area contributed by atoms with Crippen molar-refractivity contribution in [2.24, 2.45) is 0 Å². The molecule has 0 bridgehead atoms. The van der Waals surface area contributed by atoms with E-state index in [0.717, 1.165) is 0 Å². The summed E-state index contributed by atoms with van der Waals surface area (Å²) in [6, 6.07) is 0. The van der Waals surface area contributed by atoms with Crippen molar-refractivity contribution >= 4 is 11.8 Å². The van der Waals surface area contributed by atoms with Gasteiger partial charge in [-0.05, 0) is 25.8 Å². The van der Waals surface area contributed by atoms with Gasteiger partial charge in [0.2, 0.25) is 0 Å². The van der Waals surface area contributed by atoms with E-state index in [-0.39, 0.29) is 0 Å². The van der Waals surface area contributed by atoms with Crippen molar-refractivity contribution < 1.29 is 0 Å². The third-order valence-electron chi connectivity index (χ3n) is 1.60. The zero-order chi connectivity index (χ0) is 7.82. The van der Waals surface area contributed by atoms with Crippen molar-refractivity contribution in [3.63, 3.8) is 0 Å². The molecule has 0 saturated carbocycles. The van der Waals surface area contributed by atoms with E-state index in [2.05, 4.69) is 25.0 Å². The monoisotopic (exact) mass is 161 g/mol. The van der Waals surface area contributed by atoms with Gasteiger partial charge in [0.1, 0.15) is 0 Å². The van der Waals surface area contributed by atoms with E-state index in [9.17, 15) is 0 Å². The highest BCUT2D eigenvalue weighted by molar-refractivity contribution is 7.98. The van der Waals surface area contributed by atoms with Gasteiger partial charge >= 0.3 is 0 Å². The first kappa shape index (κ1) is 10.3. The van der Waals surface area contributed by atoms with Crippen LogP contribution in [0, 0.1) is 0 Å². The second-order valence-electron chi connectivity index (χ2n) is 2.43. The lowest BCUT2D eigenvalue weighted by atomic mass is 10.4. The Labute approximate surface area is 69.2 Å². The molecule has 1 nitrogen and oxygen atoms in total. The quantitative estimate of drug-likeness (QED) is 0.587. The Balaban J connectivity index is 3.21. The van der Waals surface area contributed by atoms with Crippen LogP contribution in [0.4, 0.5) is 0 Å². The van der Waals surface area contributed by atoms with Crippen LogP contribution in [0.5, 0.6) is 0 Å². The molecule has 10 heavy (non-hydrogen) atoms. The standard InChI is InChI=1S/C8H19NS/c1-4-6-9(5-2)7-8-10-3/h4-8H2,1-3H3. The zero-order valence-electron chi connectivity index (χ0n) is 7.39. The SMILES string of the molecule is CCCN(CC)CCSC. The first-order valence-electron chi connectivity index (χ1n) is 4.06. The van der Waals surface area contributed by atoms with Crippen molar-refractivity contribution in [1.82, 2.24) is 4.90 Å². The van der Waals surface area contributed by atoms with Gasteiger partial charge in [0.05, 0.1) is 0 Å². The molecule has 0 aliphatic heterocycles. The van der Waals surface area contributed by atoms with Crippen LogP contribution in [-0.2, 0) is 0 Å². The predicted octanol–water partition coefficient (Wildman–Crippen LogP) is 2.08. The van der Waals surface area contributed by atoms with Crippen LogP contribution in [-0.4, -0.2) is 36.5 Å². The fourth-order valence-corrected chi connectivity index (χ4v) is 1.41. The average Bonchev–Trinajstić information content (AvgIpc) is 1.98. The molecule has 0 N–H and O–H groups in total. The maximum absolute atomic E-state index is 2.50. The van der Waals surface area contributed by atoms with Gasteiger partial charge in [-0.1, -0.05) is 13.8 Å². The second-order valence-corrected chi connectivity index (χ2v) is 3.41. The molecule has 0 amide bonds. The highest BCUT2D eigenvalue weighted by Gasteiger charge is 1.97. The molecule has 0 spiro atoms. The van der Waals surface area contributed by atoms with Gasteiger partial charge in [-0.2, -0.15) is 11.8 Å². The summed E-state index contributed by atoms with van der Waals surface area (Å²) in [6.45, 7) is 8.19. The summed E-state index contributed by atoms with van der Waals surface area (Å²) in [5.41, 5.74) is 0. The van der Waals surface area contributed by atoms with E-state index >= 15 is 0 Å². The Morgan fingerprint density at radius 3 is 2.30 bits per heavy atom. The molecule has 0 aliphatic rings. The normalized spacial score (nSPS) is 10.8. The van der Waals surface area contributed by atoms with Crippen LogP contribution < -0.4 is 0 Å². The van der Waals surface area contributed by atoms with Gasteiger partial charge in [-0.15, -0.1) is 0 Å². The Morgan fingerprint density at radius 2 is 1.90 bits per heavy atom. The minimum Gasteiger partial charge on any atom is -0.303 e. The van der Waals surface area contributed by atoms with Gasteiger partial charge in [0.15, 0.2) is 0 Å². The molecular weight excluding hydrogens is 142 g/mol. The second kappa shape index (κ2) is 7.42.